The lowest BCUT2D eigenvalue weighted by molar-refractivity contribution is -0.108. The minimum Gasteiger partial charge on any atom is -0.354 e. The van der Waals surface area contributed by atoms with Gasteiger partial charge in [-0.3, -0.25) is 5.32 Å². The molecule has 0 radical (unpaired) electrons. The Labute approximate surface area is 133 Å². The van der Waals surface area contributed by atoms with E-state index >= 15 is 0 Å². The zero-order valence-corrected chi connectivity index (χ0v) is 14.8. The highest BCUT2D eigenvalue weighted by atomic mass is 32.2. The number of carbonyl (C=O) groups excluding carboxylic acids is 1. The van der Waals surface area contributed by atoms with Crippen LogP contribution in [0.4, 0.5) is 9.93 Å². The van der Waals surface area contributed by atoms with Gasteiger partial charge in [0.2, 0.25) is 5.13 Å². The molecule has 0 aromatic carbocycles. The fourth-order valence-electron chi connectivity index (χ4n) is 1.34. The molecule has 1 N–H and O–H groups in total. The molecule has 0 spiro atoms. The minimum absolute atomic E-state index is 0.121. The number of carbonyl (C=O) groups is 1. The summed E-state index contributed by atoms with van der Waals surface area (Å²) < 4.78 is 10.0. The smallest absolute Gasteiger partial charge is 0.323 e. The lowest BCUT2D eigenvalue weighted by Crippen LogP contribution is -2.38. The molecule has 0 unspecified atom stereocenters. The lowest BCUT2D eigenvalue weighted by atomic mass is 10.2. The maximum absolute atomic E-state index is 12.0. The third-order valence-corrected chi connectivity index (χ3v) is 5.47. The summed E-state index contributed by atoms with van der Waals surface area (Å²) in [6, 6.07) is -0.279. The Morgan fingerprint density at radius 1 is 1.43 bits per heavy atom. The van der Waals surface area contributed by atoms with Crippen molar-refractivity contribution in [2.45, 2.75) is 24.9 Å². The summed E-state index contributed by atoms with van der Waals surface area (Å²) in [6.07, 6.45) is 1.56. The number of nitrogens with one attached hydrogen (secondary N) is 1. The number of amides is 2. The number of hydrogen-bond acceptors (Lipinski definition) is 7. The van der Waals surface area contributed by atoms with Gasteiger partial charge in [-0.1, -0.05) is 11.3 Å². The van der Waals surface area contributed by atoms with E-state index in [1.165, 1.54) is 30.5 Å². The van der Waals surface area contributed by atoms with E-state index < -0.39 is 6.29 Å². The molecule has 1 heterocycles. The van der Waals surface area contributed by atoms with Crippen LogP contribution in [0.15, 0.2) is 0 Å². The van der Waals surface area contributed by atoms with E-state index in [1.807, 2.05) is 6.26 Å². The number of aromatic nitrogens is 2. The summed E-state index contributed by atoms with van der Waals surface area (Å²) in [5, 5.41) is 12.2. The molecule has 0 saturated heterocycles. The Balaban J connectivity index is 2.63. The van der Waals surface area contributed by atoms with Gasteiger partial charge in [0.15, 0.2) is 6.29 Å². The average molecular weight is 334 g/mol. The van der Waals surface area contributed by atoms with Crippen LogP contribution < -0.4 is 5.32 Å². The lowest BCUT2D eigenvalue weighted by Gasteiger charge is -2.21. The highest BCUT2D eigenvalue weighted by molar-refractivity contribution is 7.99. The molecule has 0 atom stereocenters. The van der Waals surface area contributed by atoms with Crippen molar-refractivity contribution in [1.29, 1.82) is 0 Å². The molecule has 0 fully saturated rings. The molecule has 9 heteroatoms. The molecule has 21 heavy (non-hydrogen) atoms. The van der Waals surface area contributed by atoms with Crippen LogP contribution in [0.5, 0.6) is 0 Å². The molecule has 1 rings (SSSR count). The molecule has 0 saturated carbocycles. The molecule has 1 aromatic heterocycles. The molecule has 0 bridgehead atoms. The maximum Gasteiger partial charge on any atom is 0.323 e. The van der Waals surface area contributed by atoms with Gasteiger partial charge in [0.1, 0.15) is 5.01 Å². The van der Waals surface area contributed by atoms with Crippen molar-refractivity contribution >= 4 is 34.3 Å². The maximum atomic E-state index is 12.0. The van der Waals surface area contributed by atoms with E-state index in [0.29, 0.717) is 11.7 Å². The summed E-state index contributed by atoms with van der Waals surface area (Å²) in [5.74, 6) is 0. The summed E-state index contributed by atoms with van der Waals surface area (Å²) in [5.41, 5.74) is 0. The van der Waals surface area contributed by atoms with Crippen LogP contribution in [0.2, 0.25) is 0 Å². The number of thioether (sulfide) groups is 1. The third kappa shape index (κ3) is 5.10. The van der Waals surface area contributed by atoms with Gasteiger partial charge in [-0.15, -0.1) is 10.2 Å². The first-order valence-electron chi connectivity index (χ1n) is 6.31. The van der Waals surface area contributed by atoms with Gasteiger partial charge in [0, 0.05) is 21.3 Å². The molecule has 2 amide bonds. The van der Waals surface area contributed by atoms with Crippen molar-refractivity contribution in [3.8, 4) is 0 Å². The van der Waals surface area contributed by atoms with Gasteiger partial charge in [0.05, 0.1) is 11.3 Å². The van der Waals surface area contributed by atoms with Gasteiger partial charge >= 0.3 is 6.03 Å². The SMILES string of the molecule is COC(CN(C)C(=O)Nc1nnc(C(C)(C)SC)s1)OC. The first-order valence-corrected chi connectivity index (χ1v) is 8.35. The normalized spacial score (nSPS) is 11.8. The summed E-state index contributed by atoms with van der Waals surface area (Å²) in [4.78, 5) is 13.5. The Kier molecular flexibility index (Phi) is 6.85. The van der Waals surface area contributed by atoms with Crippen molar-refractivity contribution in [2.75, 3.05) is 39.4 Å². The fourth-order valence-corrected chi connectivity index (χ4v) is 2.66. The Morgan fingerprint density at radius 2 is 2.05 bits per heavy atom. The number of anilines is 1. The Bertz CT molecular complexity index is 463. The van der Waals surface area contributed by atoms with Crippen LogP contribution in [0.1, 0.15) is 18.9 Å². The van der Waals surface area contributed by atoms with E-state index in [1.54, 1.807) is 18.8 Å². The van der Waals surface area contributed by atoms with Gasteiger partial charge in [0.25, 0.3) is 0 Å². The number of urea groups is 1. The second kappa shape index (κ2) is 7.92. The molecule has 1 aromatic rings. The zero-order chi connectivity index (χ0) is 16.0. The van der Waals surface area contributed by atoms with E-state index in [2.05, 4.69) is 29.4 Å². The quantitative estimate of drug-likeness (QED) is 0.771. The first-order chi connectivity index (χ1) is 9.83. The number of methoxy groups -OCH3 is 2. The fraction of sp³-hybridized carbons (Fsp3) is 0.750. The largest absolute Gasteiger partial charge is 0.354 e. The number of hydrogen-bond donors (Lipinski definition) is 1. The topological polar surface area (TPSA) is 76.6 Å². The van der Waals surface area contributed by atoms with Crippen LogP contribution in [0.3, 0.4) is 0 Å². The van der Waals surface area contributed by atoms with Gasteiger partial charge in [-0.25, -0.2) is 4.79 Å². The highest BCUT2D eigenvalue weighted by Gasteiger charge is 2.25. The van der Waals surface area contributed by atoms with Crippen LogP contribution in [0.25, 0.3) is 0 Å². The van der Waals surface area contributed by atoms with Crippen LogP contribution >= 0.6 is 23.1 Å². The second-order valence-electron chi connectivity index (χ2n) is 4.84. The number of likely N-dealkylation sites (N-methyl/N-ethyl adjacent to an activating group) is 1. The molecular formula is C12H22N4O3S2. The molecule has 0 aliphatic heterocycles. The average Bonchev–Trinajstić information content (AvgIpc) is 2.93. The number of ether oxygens (including phenoxy) is 2. The van der Waals surface area contributed by atoms with Gasteiger partial charge in [-0.2, -0.15) is 11.8 Å². The van der Waals surface area contributed by atoms with Crippen LogP contribution in [-0.2, 0) is 14.2 Å². The number of rotatable bonds is 7. The molecule has 0 aliphatic carbocycles. The van der Waals surface area contributed by atoms with E-state index in [-0.39, 0.29) is 10.8 Å². The standard InChI is InChI=1S/C12H22N4O3S2/c1-12(2,20-6)9-14-15-10(21-9)13-11(17)16(3)7-8(18-4)19-5/h8H,7H2,1-6H3,(H,13,15,17). The monoisotopic (exact) mass is 334 g/mol. The predicted octanol–water partition coefficient (Wildman–Crippen LogP) is 2.22. The van der Waals surface area contributed by atoms with Crippen molar-refractivity contribution in [2.24, 2.45) is 0 Å². The molecule has 0 aliphatic rings. The summed E-state index contributed by atoms with van der Waals surface area (Å²) >= 11 is 3.06. The summed E-state index contributed by atoms with van der Waals surface area (Å²) in [6.45, 7) is 4.45. The molecule has 7 nitrogen and oxygen atoms in total. The van der Waals surface area contributed by atoms with Crippen molar-refractivity contribution in [3.63, 3.8) is 0 Å². The van der Waals surface area contributed by atoms with Gasteiger partial charge < -0.3 is 14.4 Å². The minimum atomic E-state index is -0.457. The van der Waals surface area contributed by atoms with E-state index in [4.69, 9.17) is 9.47 Å². The highest BCUT2D eigenvalue weighted by Crippen LogP contribution is 2.36. The third-order valence-electron chi connectivity index (χ3n) is 2.96. The van der Waals surface area contributed by atoms with Crippen LogP contribution in [0, 0.1) is 0 Å². The molecule has 120 valence electrons. The summed E-state index contributed by atoms with van der Waals surface area (Å²) in [7, 11) is 4.72. The number of nitrogens with zero attached hydrogens (tertiary/aromatic N) is 3. The Morgan fingerprint density at radius 3 is 2.57 bits per heavy atom. The molecular weight excluding hydrogens is 312 g/mol. The Hall–Kier alpha value is -0.900. The first kappa shape index (κ1) is 18.1. The zero-order valence-electron chi connectivity index (χ0n) is 13.2. The second-order valence-corrected chi connectivity index (χ2v) is 7.24. The van der Waals surface area contributed by atoms with Crippen molar-refractivity contribution < 1.29 is 14.3 Å². The van der Waals surface area contributed by atoms with Crippen molar-refractivity contribution in [3.05, 3.63) is 5.01 Å². The van der Waals surface area contributed by atoms with Gasteiger partial charge in [-0.05, 0) is 20.1 Å². The predicted molar refractivity (Wildman–Crippen MR) is 85.9 cm³/mol. The van der Waals surface area contributed by atoms with E-state index in [9.17, 15) is 4.79 Å². The van der Waals surface area contributed by atoms with Crippen LogP contribution in [-0.4, -0.2) is 61.5 Å². The van der Waals surface area contributed by atoms with E-state index in [0.717, 1.165) is 5.01 Å². The van der Waals surface area contributed by atoms with Crippen molar-refractivity contribution in [1.82, 2.24) is 15.1 Å².